The van der Waals surface area contributed by atoms with Crippen LogP contribution in [0.3, 0.4) is 0 Å². The molecule has 7 nitrogen and oxygen atoms in total. The highest BCUT2D eigenvalue weighted by atomic mass is 35.5. The molecule has 0 saturated carbocycles. The van der Waals surface area contributed by atoms with Gasteiger partial charge in [-0.3, -0.25) is 9.59 Å². The summed E-state index contributed by atoms with van der Waals surface area (Å²) in [5.41, 5.74) is 0.365. The third-order valence-electron chi connectivity index (χ3n) is 4.22. The first-order valence-electron chi connectivity index (χ1n) is 8.23. The molecule has 1 fully saturated rings. The summed E-state index contributed by atoms with van der Waals surface area (Å²) in [7, 11) is 0. The molecule has 0 radical (unpaired) electrons. The lowest BCUT2D eigenvalue weighted by molar-refractivity contribution is -0.125. The van der Waals surface area contributed by atoms with Crippen LogP contribution in [-0.4, -0.2) is 39.4 Å². The van der Waals surface area contributed by atoms with Gasteiger partial charge in [-0.05, 0) is 38.0 Å². The molecule has 3 rings (SSSR count). The van der Waals surface area contributed by atoms with Gasteiger partial charge in [0.05, 0.1) is 6.04 Å². The second-order valence-corrected chi connectivity index (χ2v) is 7.09. The first kappa shape index (κ1) is 18.7. The molecule has 1 saturated heterocycles. The third-order valence-corrected chi connectivity index (χ3v) is 4.65. The number of hydrogen-bond donors (Lipinski definition) is 1. The molecule has 0 aliphatic carbocycles. The Morgan fingerprint density at radius 1 is 1.31 bits per heavy atom. The van der Waals surface area contributed by atoms with Crippen LogP contribution in [0.15, 0.2) is 22.7 Å². The summed E-state index contributed by atoms with van der Waals surface area (Å²) < 4.78 is 4.93. The maximum atomic E-state index is 12.8. The summed E-state index contributed by atoms with van der Waals surface area (Å²) in [6, 6.07) is 3.68. The minimum atomic E-state index is -0.560. The third kappa shape index (κ3) is 3.99. The zero-order valence-corrected chi connectivity index (χ0v) is 15.8. The van der Waals surface area contributed by atoms with Crippen LogP contribution in [0.4, 0.5) is 0 Å². The van der Waals surface area contributed by atoms with E-state index in [1.165, 1.54) is 0 Å². The number of likely N-dealkylation sites (tertiary alicyclic amines) is 1. The fraction of sp³-hybridized carbons (Fsp3) is 0.412. The summed E-state index contributed by atoms with van der Waals surface area (Å²) >= 11 is 12.0. The molecule has 2 heterocycles. The van der Waals surface area contributed by atoms with E-state index in [1.54, 1.807) is 36.9 Å². The standard InChI is InChI=1S/C17H18Cl2N4O3/c1-9(15-21-10(2)26-22-15)20-16(24)14-4-3-5-23(14)17(25)11-6-12(18)8-13(19)7-11/h6-9,14H,3-5H2,1-2H3,(H,20,24)/t9-,14+/m0/s1. The highest BCUT2D eigenvalue weighted by Crippen LogP contribution is 2.25. The number of nitrogens with one attached hydrogen (secondary N) is 1. The number of amides is 2. The molecule has 1 aliphatic rings. The summed E-state index contributed by atoms with van der Waals surface area (Å²) in [5.74, 6) is 0.305. The number of hydrogen-bond acceptors (Lipinski definition) is 5. The number of carbonyl (C=O) groups excluding carboxylic acids is 2. The van der Waals surface area contributed by atoms with Crippen LogP contribution >= 0.6 is 23.2 Å². The zero-order chi connectivity index (χ0) is 18.8. The molecule has 2 amide bonds. The maximum Gasteiger partial charge on any atom is 0.254 e. The fourth-order valence-electron chi connectivity index (χ4n) is 2.99. The molecule has 1 aliphatic heterocycles. The largest absolute Gasteiger partial charge is 0.344 e. The molecule has 0 bridgehead atoms. The van der Waals surface area contributed by atoms with Gasteiger partial charge in [0, 0.05) is 29.1 Å². The van der Waals surface area contributed by atoms with Gasteiger partial charge in [0.1, 0.15) is 6.04 Å². The summed E-state index contributed by atoms with van der Waals surface area (Å²) in [4.78, 5) is 31.1. The van der Waals surface area contributed by atoms with E-state index in [9.17, 15) is 9.59 Å². The first-order valence-corrected chi connectivity index (χ1v) is 8.98. The molecule has 2 aromatic rings. The van der Waals surface area contributed by atoms with Crippen LogP contribution in [0.25, 0.3) is 0 Å². The van der Waals surface area contributed by atoms with E-state index in [4.69, 9.17) is 27.7 Å². The molecule has 1 N–H and O–H groups in total. The molecular weight excluding hydrogens is 379 g/mol. The van der Waals surface area contributed by atoms with Crippen molar-refractivity contribution in [3.05, 3.63) is 45.5 Å². The van der Waals surface area contributed by atoms with Gasteiger partial charge >= 0.3 is 0 Å². The molecule has 26 heavy (non-hydrogen) atoms. The second-order valence-electron chi connectivity index (χ2n) is 6.22. The van der Waals surface area contributed by atoms with Crippen LogP contribution in [0.1, 0.15) is 47.9 Å². The van der Waals surface area contributed by atoms with Crippen molar-refractivity contribution < 1.29 is 14.1 Å². The highest BCUT2D eigenvalue weighted by Gasteiger charge is 2.35. The molecule has 138 valence electrons. The van der Waals surface area contributed by atoms with E-state index in [2.05, 4.69) is 15.5 Å². The van der Waals surface area contributed by atoms with Gasteiger partial charge in [-0.2, -0.15) is 4.98 Å². The quantitative estimate of drug-likeness (QED) is 0.856. The number of carbonyl (C=O) groups is 2. The van der Waals surface area contributed by atoms with Crippen molar-refractivity contribution in [2.75, 3.05) is 6.54 Å². The topological polar surface area (TPSA) is 88.3 Å². The lowest BCUT2D eigenvalue weighted by Crippen LogP contribution is -2.46. The van der Waals surface area contributed by atoms with Gasteiger partial charge in [-0.15, -0.1) is 0 Å². The van der Waals surface area contributed by atoms with E-state index >= 15 is 0 Å². The van der Waals surface area contributed by atoms with Crippen molar-refractivity contribution in [3.8, 4) is 0 Å². The molecule has 0 spiro atoms. The van der Waals surface area contributed by atoms with Crippen molar-refractivity contribution in [2.45, 2.75) is 38.8 Å². The molecule has 2 atom stereocenters. The fourth-order valence-corrected chi connectivity index (χ4v) is 3.52. The smallest absolute Gasteiger partial charge is 0.254 e. The van der Waals surface area contributed by atoms with Crippen LogP contribution in [0.2, 0.25) is 10.0 Å². The highest BCUT2D eigenvalue weighted by molar-refractivity contribution is 6.35. The van der Waals surface area contributed by atoms with Crippen molar-refractivity contribution in [3.63, 3.8) is 0 Å². The lowest BCUT2D eigenvalue weighted by atomic mass is 10.1. The lowest BCUT2D eigenvalue weighted by Gasteiger charge is -2.25. The Hall–Kier alpha value is -2.12. The zero-order valence-electron chi connectivity index (χ0n) is 14.3. The molecular formula is C17H18Cl2N4O3. The normalized spacial score (nSPS) is 18.0. The molecule has 1 aromatic heterocycles. The minimum Gasteiger partial charge on any atom is -0.344 e. The van der Waals surface area contributed by atoms with E-state index in [1.807, 2.05) is 0 Å². The number of aromatic nitrogens is 2. The van der Waals surface area contributed by atoms with Gasteiger partial charge in [-0.1, -0.05) is 28.4 Å². The van der Waals surface area contributed by atoms with Crippen molar-refractivity contribution in [2.24, 2.45) is 0 Å². The Morgan fingerprint density at radius 2 is 2.00 bits per heavy atom. The number of benzene rings is 1. The summed E-state index contributed by atoms with van der Waals surface area (Å²) in [6.07, 6.45) is 1.33. The molecule has 0 unspecified atom stereocenters. The van der Waals surface area contributed by atoms with Crippen molar-refractivity contribution in [1.82, 2.24) is 20.4 Å². The second kappa shape index (κ2) is 7.63. The van der Waals surface area contributed by atoms with E-state index in [0.717, 1.165) is 6.42 Å². The number of nitrogens with zero attached hydrogens (tertiary/aromatic N) is 3. The average molecular weight is 397 g/mol. The Bertz CT molecular complexity index is 819. The van der Waals surface area contributed by atoms with Gasteiger partial charge in [-0.25, -0.2) is 0 Å². The predicted octanol–water partition coefficient (Wildman–Crippen LogP) is 3.17. The SMILES string of the molecule is Cc1nc([C@H](C)NC(=O)[C@H]2CCCN2C(=O)c2cc(Cl)cc(Cl)c2)no1. The number of aryl methyl sites for hydroxylation is 1. The summed E-state index contributed by atoms with van der Waals surface area (Å²) in [5, 5.41) is 7.40. The molecule has 1 aromatic carbocycles. The summed E-state index contributed by atoms with van der Waals surface area (Å²) in [6.45, 7) is 3.94. The van der Waals surface area contributed by atoms with Crippen LogP contribution < -0.4 is 5.32 Å². The van der Waals surface area contributed by atoms with Crippen LogP contribution in [0, 0.1) is 6.92 Å². The van der Waals surface area contributed by atoms with E-state index in [-0.39, 0.29) is 11.8 Å². The average Bonchev–Trinajstić information content (AvgIpc) is 3.22. The number of halogens is 2. The Morgan fingerprint density at radius 3 is 2.62 bits per heavy atom. The van der Waals surface area contributed by atoms with Crippen molar-refractivity contribution >= 4 is 35.0 Å². The van der Waals surface area contributed by atoms with E-state index in [0.29, 0.717) is 40.3 Å². The van der Waals surface area contributed by atoms with Crippen LogP contribution in [0.5, 0.6) is 0 Å². The van der Waals surface area contributed by atoms with Crippen molar-refractivity contribution in [1.29, 1.82) is 0 Å². The minimum absolute atomic E-state index is 0.251. The van der Waals surface area contributed by atoms with Crippen LogP contribution in [-0.2, 0) is 4.79 Å². The van der Waals surface area contributed by atoms with Gasteiger partial charge < -0.3 is 14.7 Å². The number of rotatable bonds is 4. The first-order chi connectivity index (χ1) is 12.3. The predicted molar refractivity (Wildman–Crippen MR) is 96.1 cm³/mol. The monoisotopic (exact) mass is 396 g/mol. The van der Waals surface area contributed by atoms with Gasteiger partial charge in [0.25, 0.3) is 5.91 Å². The van der Waals surface area contributed by atoms with Gasteiger partial charge in [0.2, 0.25) is 11.8 Å². The van der Waals surface area contributed by atoms with E-state index < -0.39 is 12.1 Å². The van der Waals surface area contributed by atoms with Gasteiger partial charge in [0.15, 0.2) is 5.82 Å². The Labute approximate surface area is 160 Å². The Kier molecular flexibility index (Phi) is 5.48. The molecule has 9 heteroatoms. The maximum absolute atomic E-state index is 12.8. The Balaban J connectivity index is 1.72.